The summed E-state index contributed by atoms with van der Waals surface area (Å²) in [5.41, 5.74) is 1.93. The summed E-state index contributed by atoms with van der Waals surface area (Å²) in [4.78, 5) is 15.9. The van der Waals surface area contributed by atoms with Gasteiger partial charge in [0.1, 0.15) is 0 Å². The first kappa shape index (κ1) is 16.4. The van der Waals surface area contributed by atoms with Gasteiger partial charge in [-0.2, -0.15) is 0 Å². The maximum absolute atomic E-state index is 12.0. The number of amides is 1. The van der Waals surface area contributed by atoms with E-state index in [1.807, 2.05) is 6.92 Å². The summed E-state index contributed by atoms with van der Waals surface area (Å²) in [6.07, 6.45) is 3.14. The van der Waals surface area contributed by atoms with E-state index in [0.717, 1.165) is 5.56 Å². The predicted octanol–water partition coefficient (Wildman–Crippen LogP) is 1.87. The Morgan fingerprint density at radius 2 is 2.09 bits per heavy atom. The fraction of sp³-hybridized carbons (Fsp3) is 0.143. The summed E-state index contributed by atoms with van der Waals surface area (Å²) in [5.74, 6) is -0.307. The molecule has 2 aromatic rings. The van der Waals surface area contributed by atoms with Gasteiger partial charge in [-0.3, -0.25) is 9.78 Å². The van der Waals surface area contributed by atoms with Crippen molar-refractivity contribution in [2.45, 2.75) is 18.2 Å². The maximum atomic E-state index is 12.0. The molecule has 1 amide bonds. The van der Waals surface area contributed by atoms with Crippen molar-refractivity contribution in [2.75, 3.05) is 5.32 Å². The van der Waals surface area contributed by atoms with E-state index in [0.29, 0.717) is 11.3 Å². The lowest BCUT2D eigenvalue weighted by Gasteiger charge is -2.08. The number of halogens is 1. The molecule has 0 saturated heterocycles. The van der Waals surface area contributed by atoms with Gasteiger partial charge in [0, 0.05) is 11.2 Å². The van der Waals surface area contributed by atoms with Crippen molar-refractivity contribution < 1.29 is 13.2 Å². The van der Waals surface area contributed by atoms with Crippen molar-refractivity contribution in [3.63, 3.8) is 0 Å². The third-order valence-electron chi connectivity index (χ3n) is 2.94. The van der Waals surface area contributed by atoms with Gasteiger partial charge in [-0.25, -0.2) is 13.6 Å². The first-order valence-corrected chi connectivity index (χ1v) is 8.21. The van der Waals surface area contributed by atoms with Crippen LogP contribution in [0.1, 0.15) is 11.1 Å². The molecule has 0 unspecified atom stereocenters. The monoisotopic (exact) mass is 339 g/mol. The number of carbonyl (C=O) groups is 1. The summed E-state index contributed by atoms with van der Waals surface area (Å²) in [6.45, 7) is 1.84. The topological polar surface area (TPSA) is 102 Å². The number of nitrogens with one attached hydrogen (secondary N) is 1. The van der Waals surface area contributed by atoms with Crippen LogP contribution in [0.4, 0.5) is 5.69 Å². The fourth-order valence-corrected chi connectivity index (χ4v) is 2.79. The zero-order chi connectivity index (χ0) is 16.3. The van der Waals surface area contributed by atoms with Gasteiger partial charge in [0.2, 0.25) is 15.9 Å². The summed E-state index contributed by atoms with van der Waals surface area (Å²) >= 11 is 5.86. The van der Waals surface area contributed by atoms with Crippen molar-refractivity contribution >= 4 is 33.2 Å². The Balaban J connectivity index is 2.19. The number of aryl methyl sites for hydroxylation is 1. The largest absolute Gasteiger partial charge is 0.324 e. The standard InChI is InChI=1S/C14H14ClN3O3S/c1-9-2-3-17-8-13(9)18-14(19)6-10-4-11(15)7-12(5-10)22(16,20)21/h2-5,7-8H,6H2,1H3,(H,18,19)(H2,16,20,21). The zero-order valence-electron chi connectivity index (χ0n) is 11.7. The van der Waals surface area contributed by atoms with Gasteiger partial charge in [0.15, 0.2) is 0 Å². The number of primary sulfonamides is 1. The molecule has 1 heterocycles. The number of hydrogen-bond acceptors (Lipinski definition) is 4. The minimum atomic E-state index is -3.88. The van der Waals surface area contributed by atoms with Gasteiger partial charge in [0.05, 0.1) is 23.2 Å². The minimum absolute atomic E-state index is 0.0303. The molecule has 1 aromatic carbocycles. The van der Waals surface area contributed by atoms with Crippen LogP contribution in [-0.2, 0) is 21.2 Å². The van der Waals surface area contributed by atoms with Crippen LogP contribution in [0, 0.1) is 6.92 Å². The first-order chi connectivity index (χ1) is 10.3. The van der Waals surface area contributed by atoms with Gasteiger partial charge < -0.3 is 5.32 Å². The second kappa shape index (κ2) is 6.43. The highest BCUT2D eigenvalue weighted by Gasteiger charge is 2.13. The summed E-state index contributed by atoms with van der Waals surface area (Å²) in [5, 5.41) is 7.99. The Bertz CT molecular complexity index is 822. The van der Waals surface area contributed by atoms with Gasteiger partial charge >= 0.3 is 0 Å². The van der Waals surface area contributed by atoms with E-state index in [-0.39, 0.29) is 22.2 Å². The molecule has 2 rings (SSSR count). The lowest BCUT2D eigenvalue weighted by atomic mass is 10.1. The second-order valence-corrected chi connectivity index (χ2v) is 6.75. The van der Waals surface area contributed by atoms with Crippen LogP contribution in [0.5, 0.6) is 0 Å². The maximum Gasteiger partial charge on any atom is 0.238 e. The van der Waals surface area contributed by atoms with Gasteiger partial charge in [-0.1, -0.05) is 11.6 Å². The molecule has 0 fully saturated rings. The lowest BCUT2D eigenvalue weighted by Crippen LogP contribution is -2.16. The Hall–Kier alpha value is -1.96. The van der Waals surface area contributed by atoms with E-state index in [1.165, 1.54) is 18.2 Å². The number of anilines is 1. The highest BCUT2D eigenvalue weighted by molar-refractivity contribution is 7.89. The van der Waals surface area contributed by atoms with Crippen LogP contribution in [-0.4, -0.2) is 19.3 Å². The molecule has 6 nitrogen and oxygen atoms in total. The van der Waals surface area contributed by atoms with Gasteiger partial charge in [-0.15, -0.1) is 0 Å². The van der Waals surface area contributed by atoms with Crippen LogP contribution < -0.4 is 10.5 Å². The van der Waals surface area contributed by atoms with Crippen molar-refractivity contribution in [1.29, 1.82) is 0 Å². The molecular formula is C14H14ClN3O3S. The number of pyridine rings is 1. The quantitative estimate of drug-likeness (QED) is 0.887. The highest BCUT2D eigenvalue weighted by atomic mass is 35.5. The van der Waals surface area contributed by atoms with Crippen LogP contribution in [0.2, 0.25) is 5.02 Å². The number of nitrogens with two attached hydrogens (primary N) is 1. The van der Waals surface area contributed by atoms with E-state index in [1.54, 1.807) is 18.5 Å². The predicted molar refractivity (Wildman–Crippen MR) is 84.1 cm³/mol. The number of rotatable bonds is 4. The fourth-order valence-electron chi connectivity index (χ4n) is 1.86. The Morgan fingerprint density at radius 1 is 1.36 bits per heavy atom. The molecule has 116 valence electrons. The van der Waals surface area contributed by atoms with Gasteiger partial charge in [0.25, 0.3) is 0 Å². The number of benzene rings is 1. The van der Waals surface area contributed by atoms with Crippen molar-refractivity contribution in [2.24, 2.45) is 5.14 Å². The molecule has 0 saturated carbocycles. The van der Waals surface area contributed by atoms with Crippen molar-refractivity contribution in [3.8, 4) is 0 Å². The third-order valence-corrected chi connectivity index (χ3v) is 4.05. The molecule has 0 aliphatic heterocycles. The summed E-state index contributed by atoms with van der Waals surface area (Å²) in [6, 6.07) is 5.86. The average molecular weight is 340 g/mol. The molecule has 0 bridgehead atoms. The number of nitrogens with zero attached hydrogens (tertiary/aromatic N) is 1. The number of carbonyl (C=O) groups excluding carboxylic acids is 1. The smallest absolute Gasteiger partial charge is 0.238 e. The van der Waals surface area contributed by atoms with Crippen LogP contribution in [0.15, 0.2) is 41.6 Å². The van der Waals surface area contributed by atoms with E-state index in [4.69, 9.17) is 16.7 Å². The third kappa shape index (κ3) is 4.27. The molecule has 0 aliphatic rings. The highest BCUT2D eigenvalue weighted by Crippen LogP contribution is 2.19. The van der Waals surface area contributed by atoms with Crippen molar-refractivity contribution in [1.82, 2.24) is 4.98 Å². The Labute approximate surface area is 133 Å². The SMILES string of the molecule is Cc1ccncc1NC(=O)Cc1cc(Cl)cc(S(N)(=O)=O)c1. The molecule has 0 atom stereocenters. The molecule has 1 aromatic heterocycles. The average Bonchev–Trinajstić information content (AvgIpc) is 2.39. The number of hydrogen-bond donors (Lipinski definition) is 2. The Morgan fingerprint density at radius 3 is 2.73 bits per heavy atom. The molecular weight excluding hydrogens is 326 g/mol. The Kier molecular flexibility index (Phi) is 4.80. The van der Waals surface area contributed by atoms with E-state index in [2.05, 4.69) is 10.3 Å². The molecule has 3 N–H and O–H groups in total. The molecule has 0 aliphatic carbocycles. The molecule has 0 radical (unpaired) electrons. The van der Waals surface area contributed by atoms with Crippen molar-refractivity contribution in [3.05, 3.63) is 52.8 Å². The van der Waals surface area contributed by atoms with Crippen LogP contribution in [0.25, 0.3) is 0 Å². The van der Waals surface area contributed by atoms with Crippen LogP contribution >= 0.6 is 11.6 Å². The normalized spacial score (nSPS) is 11.2. The lowest BCUT2D eigenvalue weighted by molar-refractivity contribution is -0.115. The van der Waals surface area contributed by atoms with E-state index >= 15 is 0 Å². The second-order valence-electron chi connectivity index (χ2n) is 4.76. The molecule has 22 heavy (non-hydrogen) atoms. The summed E-state index contributed by atoms with van der Waals surface area (Å²) in [7, 11) is -3.88. The number of sulfonamides is 1. The van der Waals surface area contributed by atoms with E-state index in [9.17, 15) is 13.2 Å². The minimum Gasteiger partial charge on any atom is -0.324 e. The summed E-state index contributed by atoms with van der Waals surface area (Å²) < 4.78 is 22.7. The van der Waals surface area contributed by atoms with E-state index < -0.39 is 10.0 Å². The zero-order valence-corrected chi connectivity index (χ0v) is 13.3. The number of aromatic nitrogens is 1. The van der Waals surface area contributed by atoms with Gasteiger partial charge in [-0.05, 0) is 42.3 Å². The molecule has 8 heteroatoms. The van der Waals surface area contributed by atoms with Crippen LogP contribution in [0.3, 0.4) is 0 Å². The first-order valence-electron chi connectivity index (χ1n) is 6.28. The molecule has 0 spiro atoms.